The number of hydrogen-bond acceptors (Lipinski definition) is 1. The average molecular weight is 173 g/mol. The van der Waals surface area contributed by atoms with Crippen molar-refractivity contribution in [2.24, 2.45) is 5.73 Å². The van der Waals surface area contributed by atoms with Gasteiger partial charge in [0.25, 0.3) is 0 Å². The van der Waals surface area contributed by atoms with E-state index in [1.165, 1.54) is 25.7 Å². The highest BCUT2D eigenvalue weighted by molar-refractivity contribution is 5.43. The third-order valence-electron chi connectivity index (χ3n) is 3.76. The van der Waals surface area contributed by atoms with Gasteiger partial charge in [0.2, 0.25) is 0 Å². The minimum atomic E-state index is 0.398. The minimum Gasteiger partial charge on any atom is -0.327 e. The van der Waals surface area contributed by atoms with Crippen LogP contribution < -0.4 is 5.73 Å². The summed E-state index contributed by atoms with van der Waals surface area (Å²) in [6.45, 7) is 0. The monoisotopic (exact) mass is 173 g/mol. The lowest BCUT2D eigenvalue weighted by molar-refractivity contribution is 0.526. The molecule has 2 atom stereocenters. The molecule has 0 amide bonds. The molecule has 0 aliphatic heterocycles. The van der Waals surface area contributed by atoms with Crippen LogP contribution in [0.25, 0.3) is 0 Å². The van der Waals surface area contributed by atoms with Gasteiger partial charge in [-0.05, 0) is 36.8 Å². The maximum atomic E-state index is 6.05. The van der Waals surface area contributed by atoms with Crippen molar-refractivity contribution < 1.29 is 0 Å². The second kappa shape index (κ2) is 2.36. The summed E-state index contributed by atoms with van der Waals surface area (Å²) in [5.74, 6) is 0. The topological polar surface area (TPSA) is 26.0 Å². The van der Waals surface area contributed by atoms with Crippen LogP contribution in [0.1, 0.15) is 30.4 Å². The van der Waals surface area contributed by atoms with Crippen molar-refractivity contribution in [3.05, 3.63) is 35.4 Å². The summed E-state index contributed by atoms with van der Waals surface area (Å²) in [5, 5.41) is 0. The molecule has 13 heavy (non-hydrogen) atoms. The molecule has 0 heterocycles. The lowest BCUT2D eigenvalue weighted by atomic mass is 9.80. The first-order chi connectivity index (χ1) is 6.33. The molecule has 3 rings (SSSR count). The average Bonchev–Trinajstić information content (AvgIpc) is 2.79. The normalized spacial score (nSPS) is 35.9. The van der Waals surface area contributed by atoms with Gasteiger partial charge >= 0.3 is 0 Å². The first-order valence-corrected chi connectivity index (χ1v) is 5.17. The summed E-state index contributed by atoms with van der Waals surface area (Å²) >= 11 is 0. The fourth-order valence-corrected chi connectivity index (χ4v) is 2.88. The second-order valence-electron chi connectivity index (χ2n) is 4.48. The SMILES string of the molecule is N[C@H]1C[C@]12CCCc1ccccc12. The zero-order valence-corrected chi connectivity index (χ0v) is 7.79. The predicted molar refractivity (Wildman–Crippen MR) is 53.7 cm³/mol. The summed E-state index contributed by atoms with van der Waals surface area (Å²) in [6, 6.07) is 9.28. The highest BCUT2D eigenvalue weighted by Crippen LogP contribution is 2.54. The van der Waals surface area contributed by atoms with Crippen molar-refractivity contribution >= 4 is 0 Å². The molecule has 0 aromatic heterocycles. The maximum absolute atomic E-state index is 6.05. The largest absolute Gasteiger partial charge is 0.327 e. The fourth-order valence-electron chi connectivity index (χ4n) is 2.88. The van der Waals surface area contributed by atoms with E-state index in [0.717, 1.165) is 0 Å². The lowest BCUT2D eigenvalue weighted by Gasteiger charge is -2.25. The molecule has 1 saturated carbocycles. The molecule has 0 saturated heterocycles. The van der Waals surface area contributed by atoms with E-state index < -0.39 is 0 Å². The Hall–Kier alpha value is -0.820. The van der Waals surface area contributed by atoms with Crippen LogP contribution in [-0.4, -0.2) is 6.04 Å². The third kappa shape index (κ3) is 0.910. The number of fused-ring (bicyclic) bond motifs is 2. The molecule has 2 N–H and O–H groups in total. The van der Waals surface area contributed by atoms with Crippen LogP contribution in [0.2, 0.25) is 0 Å². The van der Waals surface area contributed by atoms with Crippen molar-refractivity contribution in [2.45, 2.75) is 37.1 Å². The number of aryl methyl sites for hydroxylation is 1. The maximum Gasteiger partial charge on any atom is 0.0146 e. The molecule has 1 aromatic carbocycles. The van der Waals surface area contributed by atoms with Gasteiger partial charge < -0.3 is 5.73 Å². The van der Waals surface area contributed by atoms with E-state index in [9.17, 15) is 0 Å². The Labute approximate surface area is 78.9 Å². The van der Waals surface area contributed by atoms with E-state index in [1.807, 2.05) is 0 Å². The Kier molecular flexibility index (Phi) is 1.37. The summed E-state index contributed by atoms with van der Waals surface area (Å²) in [5.41, 5.74) is 9.54. The van der Waals surface area contributed by atoms with Crippen LogP contribution in [0.3, 0.4) is 0 Å². The van der Waals surface area contributed by atoms with E-state index in [-0.39, 0.29) is 0 Å². The van der Waals surface area contributed by atoms with Gasteiger partial charge in [-0.3, -0.25) is 0 Å². The molecule has 1 aromatic rings. The molecule has 1 fully saturated rings. The molecular formula is C12H15N. The molecule has 1 spiro atoms. The molecular weight excluding hydrogens is 158 g/mol. The van der Waals surface area contributed by atoms with Crippen molar-refractivity contribution in [2.75, 3.05) is 0 Å². The van der Waals surface area contributed by atoms with Gasteiger partial charge in [0.15, 0.2) is 0 Å². The molecule has 1 nitrogen and oxygen atoms in total. The van der Waals surface area contributed by atoms with Gasteiger partial charge in [0.1, 0.15) is 0 Å². The second-order valence-corrected chi connectivity index (χ2v) is 4.48. The van der Waals surface area contributed by atoms with Gasteiger partial charge in [0.05, 0.1) is 0 Å². The lowest BCUT2D eigenvalue weighted by Crippen LogP contribution is -2.23. The quantitative estimate of drug-likeness (QED) is 0.638. The molecule has 0 unspecified atom stereocenters. The smallest absolute Gasteiger partial charge is 0.0146 e. The van der Waals surface area contributed by atoms with Gasteiger partial charge in [-0.15, -0.1) is 0 Å². The van der Waals surface area contributed by atoms with E-state index >= 15 is 0 Å². The first-order valence-electron chi connectivity index (χ1n) is 5.17. The third-order valence-corrected chi connectivity index (χ3v) is 3.76. The number of benzene rings is 1. The molecule has 2 aliphatic carbocycles. The highest BCUT2D eigenvalue weighted by atomic mass is 14.8. The van der Waals surface area contributed by atoms with Gasteiger partial charge in [-0.1, -0.05) is 24.3 Å². The predicted octanol–water partition coefficient (Wildman–Crippen LogP) is 1.99. The zero-order chi connectivity index (χ0) is 8.89. The molecule has 0 radical (unpaired) electrons. The fraction of sp³-hybridized carbons (Fsp3) is 0.500. The summed E-state index contributed by atoms with van der Waals surface area (Å²) < 4.78 is 0. The number of nitrogens with two attached hydrogens (primary N) is 1. The van der Waals surface area contributed by atoms with Crippen molar-refractivity contribution in [3.63, 3.8) is 0 Å². The number of hydrogen-bond donors (Lipinski definition) is 1. The van der Waals surface area contributed by atoms with E-state index in [1.54, 1.807) is 11.1 Å². The Morgan fingerprint density at radius 1 is 1.31 bits per heavy atom. The zero-order valence-electron chi connectivity index (χ0n) is 7.79. The van der Waals surface area contributed by atoms with Crippen molar-refractivity contribution in [3.8, 4) is 0 Å². The van der Waals surface area contributed by atoms with Crippen LogP contribution in [0, 0.1) is 0 Å². The molecule has 1 heteroatoms. The van der Waals surface area contributed by atoms with Crippen molar-refractivity contribution in [1.82, 2.24) is 0 Å². The van der Waals surface area contributed by atoms with Crippen LogP contribution in [0.15, 0.2) is 24.3 Å². The molecule has 0 bridgehead atoms. The van der Waals surface area contributed by atoms with Crippen molar-refractivity contribution in [1.29, 1.82) is 0 Å². The van der Waals surface area contributed by atoms with Crippen LogP contribution >= 0.6 is 0 Å². The van der Waals surface area contributed by atoms with Crippen LogP contribution in [0.4, 0.5) is 0 Å². The summed E-state index contributed by atoms with van der Waals surface area (Å²) in [6.07, 6.45) is 5.10. The Balaban J connectivity index is 2.13. The van der Waals surface area contributed by atoms with Gasteiger partial charge in [-0.2, -0.15) is 0 Å². The summed E-state index contributed by atoms with van der Waals surface area (Å²) in [7, 11) is 0. The molecule has 68 valence electrons. The van der Waals surface area contributed by atoms with E-state index in [0.29, 0.717) is 11.5 Å². The van der Waals surface area contributed by atoms with E-state index in [2.05, 4.69) is 24.3 Å². The Bertz CT molecular complexity index is 345. The Morgan fingerprint density at radius 3 is 2.85 bits per heavy atom. The Morgan fingerprint density at radius 2 is 2.08 bits per heavy atom. The van der Waals surface area contributed by atoms with Gasteiger partial charge in [-0.25, -0.2) is 0 Å². The van der Waals surface area contributed by atoms with Crippen LogP contribution in [-0.2, 0) is 11.8 Å². The molecule has 2 aliphatic rings. The highest BCUT2D eigenvalue weighted by Gasteiger charge is 2.54. The van der Waals surface area contributed by atoms with Gasteiger partial charge in [0, 0.05) is 11.5 Å². The number of rotatable bonds is 0. The standard InChI is InChI=1S/C12H15N/c13-11-8-12(11)7-3-5-9-4-1-2-6-10(9)12/h1-2,4,6,11H,3,5,7-8,13H2/t11-,12-/m0/s1. The van der Waals surface area contributed by atoms with Crippen LogP contribution in [0.5, 0.6) is 0 Å². The first kappa shape index (κ1) is 7.57. The summed E-state index contributed by atoms with van der Waals surface area (Å²) in [4.78, 5) is 0. The van der Waals surface area contributed by atoms with E-state index in [4.69, 9.17) is 5.73 Å². The minimum absolute atomic E-state index is 0.398.